The number of aryl methyl sites for hydroxylation is 1. The van der Waals surface area contributed by atoms with Crippen molar-refractivity contribution in [2.45, 2.75) is 58.9 Å². The summed E-state index contributed by atoms with van der Waals surface area (Å²) < 4.78 is 1.55. The summed E-state index contributed by atoms with van der Waals surface area (Å²) in [6.45, 7) is 6.28. The lowest BCUT2D eigenvalue weighted by Gasteiger charge is -2.16. The number of rotatable bonds is 9. The fourth-order valence-corrected chi connectivity index (χ4v) is 4.02. The van der Waals surface area contributed by atoms with Crippen molar-refractivity contribution >= 4 is 28.5 Å². The molecule has 0 saturated heterocycles. The smallest absolute Gasteiger partial charge is 0.335 e. The average molecular weight is 451 g/mol. The molecule has 0 aliphatic carbocycles. The van der Waals surface area contributed by atoms with Crippen molar-refractivity contribution in [3.63, 3.8) is 0 Å². The number of aromatic carboxylic acids is 1. The summed E-state index contributed by atoms with van der Waals surface area (Å²) in [7, 11) is 0. The number of carboxylic acids is 1. The predicted molar refractivity (Wildman–Crippen MR) is 129 cm³/mol. The minimum absolute atomic E-state index is 0.0811. The molecule has 0 spiro atoms. The summed E-state index contributed by atoms with van der Waals surface area (Å²) in [6, 6.07) is 11.5. The summed E-state index contributed by atoms with van der Waals surface area (Å²) >= 11 is 0. The standard InChI is InChI=1S/C26H30N2O5/c1-4-5-6-9-14-28-21-11-8-7-10-19(21)23(29)22(25(28)31)24(30)27-17-12-13-18(26(32)33)20(15-17)16(2)3/h7-8,10-13,15-16,29H,4-6,9,14H2,1-3H3,(H,27,30)(H,32,33). The first-order chi connectivity index (χ1) is 15.8. The van der Waals surface area contributed by atoms with E-state index >= 15 is 0 Å². The fraction of sp³-hybridized carbons (Fsp3) is 0.346. The molecule has 0 unspecified atom stereocenters. The Labute approximate surface area is 192 Å². The third-order valence-electron chi connectivity index (χ3n) is 5.77. The molecule has 3 rings (SSSR count). The number of fused-ring (bicyclic) bond motifs is 1. The van der Waals surface area contributed by atoms with Gasteiger partial charge in [0, 0.05) is 17.6 Å². The van der Waals surface area contributed by atoms with Gasteiger partial charge in [-0.1, -0.05) is 52.2 Å². The normalized spacial score (nSPS) is 11.2. The van der Waals surface area contributed by atoms with E-state index in [1.165, 1.54) is 12.1 Å². The van der Waals surface area contributed by atoms with E-state index < -0.39 is 17.4 Å². The largest absolute Gasteiger partial charge is 0.506 e. The van der Waals surface area contributed by atoms with Gasteiger partial charge in [0.15, 0.2) is 0 Å². The van der Waals surface area contributed by atoms with Gasteiger partial charge in [-0.05, 0) is 48.2 Å². The second kappa shape index (κ2) is 10.3. The number of nitrogens with one attached hydrogen (secondary N) is 1. The van der Waals surface area contributed by atoms with Crippen molar-refractivity contribution in [1.82, 2.24) is 4.57 Å². The molecule has 0 aliphatic heterocycles. The zero-order valence-electron chi connectivity index (χ0n) is 19.2. The quantitative estimate of drug-likeness (QED) is 0.380. The zero-order valence-corrected chi connectivity index (χ0v) is 19.2. The van der Waals surface area contributed by atoms with Crippen LogP contribution in [0.25, 0.3) is 10.9 Å². The van der Waals surface area contributed by atoms with Crippen molar-refractivity contribution in [3.8, 4) is 5.75 Å². The molecule has 1 aromatic heterocycles. The molecule has 7 heteroatoms. The molecule has 0 aliphatic rings. The third kappa shape index (κ3) is 5.08. The highest BCUT2D eigenvalue weighted by atomic mass is 16.4. The van der Waals surface area contributed by atoms with Crippen LogP contribution >= 0.6 is 0 Å². The Morgan fingerprint density at radius 3 is 2.45 bits per heavy atom. The first-order valence-electron chi connectivity index (χ1n) is 11.3. The van der Waals surface area contributed by atoms with Crippen molar-refractivity contribution in [2.75, 3.05) is 5.32 Å². The van der Waals surface area contributed by atoms with Crippen LogP contribution < -0.4 is 10.9 Å². The molecule has 0 bridgehead atoms. The summed E-state index contributed by atoms with van der Waals surface area (Å²) in [6.07, 6.45) is 3.88. The van der Waals surface area contributed by atoms with Gasteiger partial charge in [0.05, 0.1) is 11.1 Å². The van der Waals surface area contributed by atoms with Crippen molar-refractivity contribution < 1.29 is 19.8 Å². The fourth-order valence-electron chi connectivity index (χ4n) is 4.02. The van der Waals surface area contributed by atoms with Crippen molar-refractivity contribution in [1.29, 1.82) is 0 Å². The number of benzene rings is 2. The molecule has 3 aromatic rings. The second-order valence-corrected chi connectivity index (χ2v) is 8.47. The average Bonchev–Trinajstić information content (AvgIpc) is 2.78. The lowest BCUT2D eigenvalue weighted by Crippen LogP contribution is -2.30. The van der Waals surface area contributed by atoms with Crippen molar-refractivity contribution in [2.24, 2.45) is 0 Å². The van der Waals surface area contributed by atoms with E-state index in [0.717, 1.165) is 25.7 Å². The number of carbonyl (C=O) groups is 2. The Bertz CT molecular complexity index is 1240. The molecule has 3 N–H and O–H groups in total. The van der Waals surface area contributed by atoms with E-state index in [1.54, 1.807) is 34.9 Å². The Hall–Kier alpha value is -3.61. The van der Waals surface area contributed by atoms with Crippen molar-refractivity contribution in [3.05, 3.63) is 69.5 Å². The van der Waals surface area contributed by atoms with Gasteiger partial charge in [-0.15, -0.1) is 0 Å². The number of carboxylic acid groups (broad SMARTS) is 1. The first kappa shape index (κ1) is 24.0. The maximum Gasteiger partial charge on any atom is 0.335 e. The van der Waals surface area contributed by atoms with Crippen LogP contribution in [-0.2, 0) is 6.54 Å². The molecule has 174 valence electrons. The molecule has 0 radical (unpaired) electrons. The molecule has 33 heavy (non-hydrogen) atoms. The number of hydrogen-bond donors (Lipinski definition) is 3. The number of amides is 1. The highest BCUT2D eigenvalue weighted by Crippen LogP contribution is 2.28. The van der Waals surface area contributed by atoms with Crippen LogP contribution in [0.2, 0.25) is 0 Å². The van der Waals surface area contributed by atoms with Crippen LogP contribution in [0, 0.1) is 0 Å². The summed E-state index contributed by atoms with van der Waals surface area (Å²) in [5.41, 5.74) is 0.794. The first-order valence-corrected chi connectivity index (χ1v) is 11.3. The SMILES string of the molecule is CCCCCCn1c(=O)c(C(=O)Nc2ccc(C(=O)O)c(C(C)C)c2)c(O)c2ccccc21. The van der Waals surface area contributed by atoms with Crippen LogP contribution in [0.15, 0.2) is 47.3 Å². The van der Waals surface area contributed by atoms with Crippen LogP contribution in [0.4, 0.5) is 5.69 Å². The van der Waals surface area contributed by atoms with E-state index in [1.807, 2.05) is 13.8 Å². The van der Waals surface area contributed by atoms with E-state index in [-0.39, 0.29) is 22.8 Å². The number of carbonyl (C=O) groups excluding carboxylic acids is 1. The zero-order chi connectivity index (χ0) is 24.1. The minimum Gasteiger partial charge on any atom is -0.506 e. The van der Waals surface area contributed by atoms with E-state index in [0.29, 0.717) is 28.7 Å². The topological polar surface area (TPSA) is 109 Å². The van der Waals surface area contributed by atoms with Gasteiger partial charge < -0.3 is 20.1 Å². The molecule has 2 aromatic carbocycles. The summed E-state index contributed by atoms with van der Waals surface area (Å²) in [5, 5.41) is 23.3. The lowest BCUT2D eigenvalue weighted by atomic mass is 9.96. The van der Waals surface area contributed by atoms with Gasteiger partial charge in [0.1, 0.15) is 11.3 Å². The van der Waals surface area contributed by atoms with Gasteiger partial charge in [0.2, 0.25) is 0 Å². The Balaban J connectivity index is 2.03. The van der Waals surface area contributed by atoms with Crippen LogP contribution in [0.3, 0.4) is 0 Å². The van der Waals surface area contributed by atoms with Gasteiger partial charge in [-0.2, -0.15) is 0 Å². The number of anilines is 1. The molecule has 1 amide bonds. The predicted octanol–water partition coefficient (Wildman–Crippen LogP) is 5.36. The number of hydrogen-bond acceptors (Lipinski definition) is 4. The number of aromatic hydroxyl groups is 1. The number of para-hydroxylation sites is 1. The van der Waals surface area contributed by atoms with Gasteiger partial charge in [-0.3, -0.25) is 9.59 Å². The summed E-state index contributed by atoms with van der Waals surface area (Å²) in [4.78, 5) is 37.9. The number of aromatic nitrogens is 1. The Morgan fingerprint density at radius 2 is 1.79 bits per heavy atom. The Kier molecular flexibility index (Phi) is 7.53. The highest BCUT2D eigenvalue weighted by molar-refractivity contribution is 6.09. The third-order valence-corrected chi connectivity index (χ3v) is 5.77. The van der Waals surface area contributed by atoms with Gasteiger partial charge in [-0.25, -0.2) is 4.79 Å². The molecular formula is C26H30N2O5. The van der Waals surface area contributed by atoms with E-state index in [4.69, 9.17) is 0 Å². The molecule has 7 nitrogen and oxygen atoms in total. The van der Waals surface area contributed by atoms with Crippen LogP contribution in [0.5, 0.6) is 5.75 Å². The van der Waals surface area contributed by atoms with Gasteiger partial charge >= 0.3 is 5.97 Å². The maximum absolute atomic E-state index is 13.3. The molecule has 1 heterocycles. The Morgan fingerprint density at radius 1 is 1.06 bits per heavy atom. The molecule has 0 saturated carbocycles. The van der Waals surface area contributed by atoms with E-state index in [9.17, 15) is 24.6 Å². The highest BCUT2D eigenvalue weighted by Gasteiger charge is 2.23. The van der Waals surface area contributed by atoms with E-state index in [2.05, 4.69) is 12.2 Å². The van der Waals surface area contributed by atoms with Crippen LogP contribution in [0.1, 0.15) is 78.7 Å². The maximum atomic E-state index is 13.3. The molecule has 0 atom stereocenters. The van der Waals surface area contributed by atoms with Gasteiger partial charge in [0.25, 0.3) is 11.5 Å². The minimum atomic E-state index is -1.05. The second-order valence-electron chi connectivity index (χ2n) is 8.47. The summed E-state index contributed by atoms with van der Waals surface area (Å²) in [5.74, 6) is -2.22. The van der Waals surface area contributed by atoms with Crippen LogP contribution in [-0.4, -0.2) is 26.7 Å². The molecule has 0 fully saturated rings. The lowest BCUT2D eigenvalue weighted by molar-refractivity contribution is 0.0695. The molecular weight excluding hydrogens is 420 g/mol. The monoisotopic (exact) mass is 450 g/mol. The number of nitrogens with zero attached hydrogens (tertiary/aromatic N) is 1. The number of pyridine rings is 1. The number of unbranched alkanes of at least 4 members (excludes halogenated alkanes) is 3.